The molecule has 0 radical (unpaired) electrons. The highest BCUT2D eigenvalue weighted by Gasteiger charge is 2.18. The number of hydrogen-bond donors (Lipinski definition) is 2. The molecular weight excluding hydrogens is 280 g/mol. The molecule has 0 fully saturated rings. The minimum atomic E-state index is -0.738. The van der Waals surface area contributed by atoms with E-state index in [1.807, 2.05) is 30.3 Å². The number of hydrogen-bond acceptors (Lipinski definition) is 4. The van der Waals surface area contributed by atoms with E-state index in [1.54, 1.807) is 31.2 Å². The number of ether oxygens (including phenoxy) is 1. The van der Waals surface area contributed by atoms with Gasteiger partial charge in [0.15, 0.2) is 0 Å². The third kappa shape index (κ3) is 4.34. The van der Waals surface area contributed by atoms with E-state index in [0.717, 1.165) is 5.56 Å². The Morgan fingerprint density at radius 3 is 2.55 bits per heavy atom. The SMILES string of the molecule is C[C@H](NC(=O)c1cccc(N)c1)C(=O)OCc1ccccc1. The first-order chi connectivity index (χ1) is 10.6. The van der Waals surface area contributed by atoms with E-state index in [-0.39, 0.29) is 12.5 Å². The average Bonchev–Trinajstić information content (AvgIpc) is 2.53. The van der Waals surface area contributed by atoms with Crippen molar-refractivity contribution in [1.82, 2.24) is 5.32 Å². The second-order valence-electron chi connectivity index (χ2n) is 4.91. The van der Waals surface area contributed by atoms with Gasteiger partial charge in [0.2, 0.25) is 0 Å². The number of rotatable bonds is 5. The zero-order valence-corrected chi connectivity index (χ0v) is 12.3. The molecule has 0 heterocycles. The highest BCUT2D eigenvalue weighted by molar-refractivity contribution is 5.97. The number of nitrogen functional groups attached to an aromatic ring is 1. The molecule has 2 rings (SSSR count). The second-order valence-corrected chi connectivity index (χ2v) is 4.91. The van der Waals surface area contributed by atoms with Gasteiger partial charge < -0.3 is 15.8 Å². The predicted molar refractivity (Wildman–Crippen MR) is 84.0 cm³/mol. The topological polar surface area (TPSA) is 81.4 Å². The van der Waals surface area contributed by atoms with Crippen LogP contribution in [-0.2, 0) is 16.1 Å². The molecule has 1 atom stereocenters. The molecule has 0 aliphatic rings. The molecule has 0 bridgehead atoms. The van der Waals surface area contributed by atoms with Crippen LogP contribution in [0.15, 0.2) is 54.6 Å². The van der Waals surface area contributed by atoms with E-state index in [0.29, 0.717) is 11.3 Å². The Kier molecular flexibility index (Phi) is 5.14. The minimum absolute atomic E-state index is 0.179. The Hall–Kier alpha value is -2.82. The number of esters is 1. The number of nitrogens with one attached hydrogen (secondary N) is 1. The van der Waals surface area contributed by atoms with Gasteiger partial charge >= 0.3 is 5.97 Å². The van der Waals surface area contributed by atoms with Crippen molar-refractivity contribution >= 4 is 17.6 Å². The third-order valence-corrected chi connectivity index (χ3v) is 3.07. The van der Waals surface area contributed by atoms with Crippen LogP contribution >= 0.6 is 0 Å². The molecular formula is C17H18N2O3. The lowest BCUT2D eigenvalue weighted by Crippen LogP contribution is -2.39. The van der Waals surface area contributed by atoms with Crippen molar-refractivity contribution < 1.29 is 14.3 Å². The summed E-state index contributed by atoms with van der Waals surface area (Å²) in [4.78, 5) is 23.9. The molecule has 0 unspecified atom stereocenters. The summed E-state index contributed by atoms with van der Waals surface area (Å²) in [5.41, 5.74) is 7.42. The molecule has 0 aromatic heterocycles. The quantitative estimate of drug-likeness (QED) is 0.654. The summed E-state index contributed by atoms with van der Waals surface area (Å²) in [6.07, 6.45) is 0. The molecule has 0 aliphatic carbocycles. The van der Waals surface area contributed by atoms with Gasteiger partial charge in [0.1, 0.15) is 12.6 Å². The Labute approximate surface area is 129 Å². The molecule has 22 heavy (non-hydrogen) atoms. The lowest BCUT2D eigenvalue weighted by molar-refractivity contribution is -0.146. The zero-order chi connectivity index (χ0) is 15.9. The summed E-state index contributed by atoms with van der Waals surface area (Å²) in [6, 6.07) is 15.2. The molecule has 0 spiro atoms. The number of carbonyl (C=O) groups is 2. The third-order valence-electron chi connectivity index (χ3n) is 3.07. The molecule has 5 heteroatoms. The second kappa shape index (κ2) is 7.26. The minimum Gasteiger partial charge on any atom is -0.459 e. The monoisotopic (exact) mass is 298 g/mol. The molecule has 114 valence electrons. The summed E-state index contributed by atoms with van der Waals surface area (Å²) in [5, 5.41) is 2.59. The molecule has 3 N–H and O–H groups in total. The van der Waals surface area contributed by atoms with Crippen LogP contribution < -0.4 is 11.1 Å². The van der Waals surface area contributed by atoms with E-state index in [9.17, 15) is 9.59 Å². The maximum absolute atomic E-state index is 12.0. The van der Waals surface area contributed by atoms with Crippen molar-refractivity contribution in [2.45, 2.75) is 19.6 Å². The summed E-state index contributed by atoms with van der Waals surface area (Å²) in [6.45, 7) is 1.76. The van der Waals surface area contributed by atoms with Gasteiger partial charge in [0.05, 0.1) is 0 Å². The van der Waals surface area contributed by atoms with Crippen LogP contribution in [0.4, 0.5) is 5.69 Å². The van der Waals surface area contributed by atoms with Gasteiger partial charge in [-0.25, -0.2) is 4.79 Å². The van der Waals surface area contributed by atoms with E-state index in [4.69, 9.17) is 10.5 Å². The summed E-state index contributed by atoms with van der Waals surface area (Å²) in [5.74, 6) is -0.849. The van der Waals surface area contributed by atoms with Crippen molar-refractivity contribution in [2.24, 2.45) is 0 Å². The van der Waals surface area contributed by atoms with Gasteiger partial charge in [-0.3, -0.25) is 4.79 Å². The predicted octanol–water partition coefficient (Wildman–Crippen LogP) is 2.13. The van der Waals surface area contributed by atoms with E-state index < -0.39 is 12.0 Å². The maximum Gasteiger partial charge on any atom is 0.328 e. The summed E-state index contributed by atoms with van der Waals surface area (Å²) in [7, 11) is 0. The molecule has 5 nitrogen and oxygen atoms in total. The first-order valence-electron chi connectivity index (χ1n) is 6.93. The molecule has 2 aromatic carbocycles. The summed E-state index contributed by atoms with van der Waals surface area (Å²) >= 11 is 0. The Bertz CT molecular complexity index is 656. The van der Waals surface area contributed by atoms with Crippen molar-refractivity contribution in [2.75, 3.05) is 5.73 Å². The Morgan fingerprint density at radius 1 is 1.14 bits per heavy atom. The Balaban J connectivity index is 1.87. The fraction of sp³-hybridized carbons (Fsp3) is 0.176. The van der Waals surface area contributed by atoms with Crippen LogP contribution in [0, 0.1) is 0 Å². The van der Waals surface area contributed by atoms with Crippen molar-refractivity contribution in [3.63, 3.8) is 0 Å². The lowest BCUT2D eigenvalue weighted by atomic mass is 10.2. The van der Waals surface area contributed by atoms with Gasteiger partial charge in [-0.05, 0) is 30.7 Å². The number of nitrogens with two attached hydrogens (primary N) is 1. The van der Waals surface area contributed by atoms with Crippen LogP contribution in [0.1, 0.15) is 22.8 Å². The lowest BCUT2D eigenvalue weighted by Gasteiger charge is -2.13. The van der Waals surface area contributed by atoms with Gasteiger partial charge in [0.25, 0.3) is 5.91 Å². The highest BCUT2D eigenvalue weighted by atomic mass is 16.5. The molecule has 1 amide bonds. The van der Waals surface area contributed by atoms with Gasteiger partial charge in [-0.15, -0.1) is 0 Å². The fourth-order valence-corrected chi connectivity index (χ4v) is 1.87. The van der Waals surface area contributed by atoms with Crippen LogP contribution in [0.3, 0.4) is 0 Å². The average molecular weight is 298 g/mol. The largest absolute Gasteiger partial charge is 0.459 e. The van der Waals surface area contributed by atoms with E-state index >= 15 is 0 Å². The number of benzene rings is 2. The highest BCUT2D eigenvalue weighted by Crippen LogP contribution is 2.07. The van der Waals surface area contributed by atoms with Gasteiger partial charge in [0, 0.05) is 11.3 Å². The number of anilines is 1. The number of amides is 1. The maximum atomic E-state index is 12.0. The van der Waals surface area contributed by atoms with E-state index in [2.05, 4.69) is 5.32 Å². The van der Waals surface area contributed by atoms with Gasteiger partial charge in [-0.2, -0.15) is 0 Å². The van der Waals surface area contributed by atoms with Crippen molar-refractivity contribution in [3.8, 4) is 0 Å². The zero-order valence-electron chi connectivity index (χ0n) is 12.3. The van der Waals surface area contributed by atoms with E-state index in [1.165, 1.54) is 0 Å². The van der Waals surface area contributed by atoms with Crippen LogP contribution in [0.25, 0.3) is 0 Å². The standard InChI is InChI=1S/C17H18N2O3/c1-12(17(21)22-11-13-6-3-2-4-7-13)19-16(20)14-8-5-9-15(18)10-14/h2-10,12H,11,18H2,1H3,(H,19,20)/t12-/m0/s1. The van der Waals surface area contributed by atoms with Crippen LogP contribution in [0.5, 0.6) is 0 Å². The Morgan fingerprint density at radius 2 is 1.86 bits per heavy atom. The first-order valence-corrected chi connectivity index (χ1v) is 6.93. The fourth-order valence-electron chi connectivity index (χ4n) is 1.87. The van der Waals surface area contributed by atoms with Crippen LogP contribution in [0.2, 0.25) is 0 Å². The van der Waals surface area contributed by atoms with Gasteiger partial charge in [-0.1, -0.05) is 36.4 Å². The molecule has 2 aromatic rings. The van der Waals surface area contributed by atoms with Crippen molar-refractivity contribution in [1.29, 1.82) is 0 Å². The first kappa shape index (κ1) is 15.6. The van der Waals surface area contributed by atoms with Crippen LogP contribution in [-0.4, -0.2) is 17.9 Å². The number of carbonyl (C=O) groups excluding carboxylic acids is 2. The summed E-state index contributed by atoms with van der Waals surface area (Å²) < 4.78 is 5.17. The molecule has 0 saturated heterocycles. The smallest absolute Gasteiger partial charge is 0.328 e. The van der Waals surface area contributed by atoms with Crippen molar-refractivity contribution in [3.05, 3.63) is 65.7 Å². The molecule has 0 saturated carbocycles. The normalized spacial score (nSPS) is 11.5. The molecule has 0 aliphatic heterocycles.